The molecule has 0 aromatic carbocycles. The topological polar surface area (TPSA) is 26.3 Å². The van der Waals surface area contributed by atoms with Crippen LogP contribution in [0.5, 0.6) is 0 Å². The summed E-state index contributed by atoms with van der Waals surface area (Å²) in [6.07, 6.45) is 8.56. The van der Waals surface area contributed by atoms with E-state index < -0.39 is 0 Å². The molecule has 21 heavy (non-hydrogen) atoms. The lowest BCUT2D eigenvalue weighted by atomic mass is 9.53. The number of carbonyl (C=O) groups excluding carboxylic acids is 1. The van der Waals surface area contributed by atoms with Gasteiger partial charge >= 0.3 is 5.97 Å². The highest BCUT2D eigenvalue weighted by Crippen LogP contribution is 2.57. The Balaban J connectivity index is 2.19. The minimum atomic E-state index is -0.373. The van der Waals surface area contributed by atoms with E-state index in [4.69, 9.17) is 4.74 Å². The van der Waals surface area contributed by atoms with E-state index in [1.165, 1.54) is 38.5 Å². The minimum absolute atomic E-state index is 0.0234. The fraction of sp³-hybridized carbons (Fsp3) is 0.947. The quantitative estimate of drug-likeness (QED) is 0.653. The molecule has 3 unspecified atom stereocenters. The molecule has 2 rings (SSSR count). The van der Waals surface area contributed by atoms with Crippen molar-refractivity contribution in [1.29, 1.82) is 0 Å². The molecule has 2 aliphatic carbocycles. The zero-order valence-electron chi connectivity index (χ0n) is 14.9. The Kier molecular flexibility index (Phi) is 4.48. The first kappa shape index (κ1) is 16.8. The van der Waals surface area contributed by atoms with Gasteiger partial charge in [0.2, 0.25) is 0 Å². The summed E-state index contributed by atoms with van der Waals surface area (Å²) in [5.41, 5.74) is -0.515. The van der Waals surface area contributed by atoms with Gasteiger partial charge in [0.15, 0.2) is 0 Å². The Labute approximate surface area is 131 Å². The number of ether oxygens (including phenoxy) is 1. The minimum Gasteiger partial charge on any atom is -0.459 e. The van der Waals surface area contributed by atoms with Crippen LogP contribution in [0.4, 0.5) is 0 Å². The molecule has 2 saturated carbocycles. The summed E-state index contributed by atoms with van der Waals surface area (Å²) in [4.78, 5) is 12.6. The Bertz CT molecular complexity index is 392. The molecule has 0 aromatic heterocycles. The summed E-state index contributed by atoms with van der Waals surface area (Å²) in [6.45, 7) is 12.8. The van der Waals surface area contributed by atoms with E-state index in [-0.39, 0.29) is 22.4 Å². The van der Waals surface area contributed by atoms with E-state index in [1.54, 1.807) is 0 Å². The van der Waals surface area contributed by atoms with Crippen molar-refractivity contribution in [2.45, 2.75) is 92.1 Å². The monoisotopic (exact) mass is 294 g/mol. The molecule has 0 heterocycles. The van der Waals surface area contributed by atoms with Crippen LogP contribution in [-0.4, -0.2) is 11.6 Å². The zero-order chi connectivity index (χ0) is 15.9. The van der Waals surface area contributed by atoms with Crippen molar-refractivity contribution < 1.29 is 9.53 Å². The first-order chi connectivity index (χ1) is 9.62. The summed E-state index contributed by atoms with van der Waals surface area (Å²) in [7, 11) is 0. The van der Waals surface area contributed by atoms with Gasteiger partial charge in [-0.3, -0.25) is 4.79 Å². The van der Waals surface area contributed by atoms with Gasteiger partial charge < -0.3 is 4.74 Å². The van der Waals surface area contributed by atoms with Crippen LogP contribution in [0.1, 0.15) is 86.5 Å². The van der Waals surface area contributed by atoms with Crippen molar-refractivity contribution >= 4 is 5.97 Å². The van der Waals surface area contributed by atoms with Gasteiger partial charge in [-0.25, -0.2) is 0 Å². The lowest BCUT2D eigenvalue weighted by Crippen LogP contribution is -2.53. The average molecular weight is 294 g/mol. The second-order valence-corrected chi connectivity index (χ2v) is 8.92. The van der Waals surface area contributed by atoms with Crippen molar-refractivity contribution in [2.24, 2.45) is 22.7 Å². The van der Waals surface area contributed by atoms with E-state index in [0.29, 0.717) is 0 Å². The van der Waals surface area contributed by atoms with Gasteiger partial charge in [-0.05, 0) is 71.6 Å². The normalized spacial score (nSPS) is 33.6. The molecule has 122 valence electrons. The molecule has 0 radical (unpaired) electrons. The Morgan fingerprint density at radius 1 is 1.24 bits per heavy atom. The second kappa shape index (κ2) is 5.59. The summed E-state index contributed by atoms with van der Waals surface area (Å²) < 4.78 is 6.12. The van der Waals surface area contributed by atoms with E-state index >= 15 is 0 Å². The van der Waals surface area contributed by atoms with Gasteiger partial charge in [0.05, 0.1) is 5.41 Å². The lowest BCUT2D eigenvalue weighted by Gasteiger charge is -2.55. The highest BCUT2D eigenvalue weighted by atomic mass is 16.6. The third kappa shape index (κ3) is 3.14. The molecule has 0 spiro atoms. The van der Waals surface area contributed by atoms with Crippen LogP contribution in [0.25, 0.3) is 0 Å². The maximum absolute atomic E-state index is 12.6. The van der Waals surface area contributed by atoms with Gasteiger partial charge in [-0.15, -0.1) is 0 Å². The fourth-order valence-electron chi connectivity index (χ4n) is 4.61. The molecule has 3 atom stereocenters. The Morgan fingerprint density at radius 2 is 1.90 bits per heavy atom. The van der Waals surface area contributed by atoms with Crippen LogP contribution < -0.4 is 0 Å². The summed E-state index contributed by atoms with van der Waals surface area (Å²) >= 11 is 0. The summed E-state index contributed by atoms with van der Waals surface area (Å²) in [5, 5.41) is 0. The van der Waals surface area contributed by atoms with Gasteiger partial charge in [-0.2, -0.15) is 0 Å². The van der Waals surface area contributed by atoms with E-state index in [1.807, 2.05) is 13.8 Å². The standard InChI is InChI=1S/C19H34O2/c1-7-17(3,4)16(20)21-18(5,6)19-10-8-9-15(13-19)11-14(2)12-19/h14-15H,7-13H2,1-6H3. The highest BCUT2D eigenvalue weighted by molar-refractivity contribution is 5.76. The van der Waals surface area contributed by atoms with E-state index in [2.05, 4.69) is 27.7 Å². The summed E-state index contributed by atoms with van der Waals surface area (Å²) in [6, 6.07) is 0. The Hall–Kier alpha value is -0.530. The molecular formula is C19H34O2. The van der Waals surface area contributed by atoms with Crippen molar-refractivity contribution in [1.82, 2.24) is 0 Å². The Morgan fingerprint density at radius 3 is 2.52 bits per heavy atom. The van der Waals surface area contributed by atoms with Gasteiger partial charge in [0, 0.05) is 5.41 Å². The maximum atomic E-state index is 12.6. The molecule has 0 saturated heterocycles. The molecule has 2 nitrogen and oxygen atoms in total. The van der Waals surface area contributed by atoms with Crippen molar-refractivity contribution in [3.63, 3.8) is 0 Å². The molecule has 0 aliphatic heterocycles. The number of hydrogen-bond acceptors (Lipinski definition) is 2. The van der Waals surface area contributed by atoms with Gasteiger partial charge in [0.25, 0.3) is 0 Å². The predicted octanol–water partition coefficient (Wildman–Crippen LogP) is 5.35. The van der Waals surface area contributed by atoms with Crippen LogP contribution in [0.15, 0.2) is 0 Å². The number of rotatable bonds is 4. The number of esters is 1. The smallest absolute Gasteiger partial charge is 0.312 e. The number of hydrogen-bond donors (Lipinski definition) is 0. The van der Waals surface area contributed by atoms with Gasteiger partial charge in [-0.1, -0.05) is 26.7 Å². The highest BCUT2D eigenvalue weighted by Gasteiger charge is 2.53. The molecule has 0 N–H and O–H groups in total. The maximum Gasteiger partial charge on any atom is 0.312 e. The first-order valence-electron chi connectivity index (χ1n) is 8.85. The van der Waals surface area contributed by atoms with Crippen molar-refractivity contribution in [3.05, 3.63) is 0 Å². The first-order valence-corrected chi connectivity index (χ1v) is 8.85. The van der Waals surface area contributed by atoms with Crippen molar-refractivity contribution in [3.8, 4) is 0 Å². The predicted molar refractivity (Wildman–Crippen MR) is 87.0 cm³/mol. The van der Waals surface area contributed by atoms with Crippen LogP contribution in [0, 0.1) is 22.7 Å². The largest absolute Gasteiger partial charge is 0.459 e. The fourth-order valence-corrected chi connectivity index (χ4v) is 4.61. The van der Waals surface area contributed by atoms with E-state index in [9.17, 15) is 4.79 Å². The van der Waals surface area contributed by atoms with Crippen LogP contribution in [0.3, 0.4) is 0 Å². The molecule has 2 heteroatoms. The molecule has 2 aliphatic rings. The molecular weight excluding hydrogens is 260 g/mol. The third-order valence-electron chi connectivity index (χ3n) is 6.48. The second-order valence-electron chi connectivity index (χ2n) is 8.92. The van der Waals surface area contributed by atoms with E-state index in [0.717, 1.165) is 18.3 Å². The number of carbonyl (C=O) groups is 1. The van der Waals surface area contributed by atoms with Crippen LogP contribution >= 0.6 is 0 Å². The van der Waals surface area contributed by atoms with Crippen LogP contribution in [0.2, 0.25) is 0 Å². The SMILES string of the molecule is CCC(C)(C)C(=O)OC(C)(C)C12CCCC(CC(C)C1)C2. The summed E-state index contributed by atoms with van der Waals surface area (Å²) in [5.74, 6) is 1.59. The third-order valence-corrected chi connectivity index (χ3v) is 6.48. The number of fused-ring (bicyclic) bond motifs is 2. The average Bonchev–Trinajstić information content (AvgIpc) is 2.37. The lowest BCUT2D eigenvalue weighted by molar-refractivity contribution is -0.193. The van der Waals surface area contributed by atoms with Crippen molar-refractivity contribution in [2.75, 3.05) is 0 Å². The molecule has 0 amide bonds. The molecule has 2 bridgehead atoms. The zero-order valence-corrected chi connectivity index (χ0v) is 14.9. The van der Waals surface area contributed by atoms with Crippen LogP contribution in [-0.2, 0) is 9.53 Å². The molecule has 0 aromatic rings. The molecule has 2 fully saturated rings. The van der Waals surface area contributed by atoms with Gasteiger partial charge in [0.1, 0.15) is 5.60 Å².